The number of hydrogen-bond donors (Lipinski definition) is 2. The molecule has 32 heavy (non-hydrogen) atoms. The summed E-state index contributed by atoms with van der Waals surface area (Å²) in [6, 6.07) is 13.2. The van der Waals surface area contributed by atoms with E-state index >= 15 is 0 Å². The van der Waals surface area contributed by atoms with Gasteiger partial charge in [0.15, 0.2) is 17.3 Å². The van der Waals surface area contributed by atoms with E-state index in [1.807, 2.05) is 24.5 Å². The van der Waals surface area contributed by atoms with Gasteiger partial charge in [-0.2, -0.15) is 0 Å². The van der Waals surface area contributed by atoms with E-state index in [2.05, 4.69) is 40.1 Å². The summed E-state index contributed by atoms with van der Waals surface area (Å²) in [6.07, 6.45) is 1.84. The molecule has 0 bridgehead atoms. The predicted octanol–water partition coefficient (Wildman–Crippen LogP) is 4.31. The van der Waals surface area contributed by atoms with Gasteiger partial charge in [-0.3, -0.25) is 4.79 Å². The molecule has 2 aromatic heterocycles. The summed E-state index contributed by atoms with van der Waals surface area (Å²) >= 11 is 0. The lowest BCUT2D eigenvalue weighted by atomic mass is 10.1. The molecule has 4 rings (SSSR count). The van der Waals surface area contributed by atoms with Gasteiger partial charge in [-0.1, -0.05) is 32.0 Å². The number of carbonyl (C=O) groups excluding carboxylic acids is 1. The zero-order valence-electron chi connectivity index (χ0n) is 18.7. The second kappa shape index (κ2) is 9.13. The van der Waals surface area contributed by atoms with Crippen molar-refractivity contribution in [3.8, 4) is 11.5 Å². The average Bonchev–Trinajstić information content (AvgIpc) is 3.20. The van der Waals surface area contributed by atoms with Crippen LogP contribution in [-0.2, 0) is 11.3 Å². The second-order valence-electron chi connectivity index (χ2n) is 7.94. The first-order valence-corrected chi connectivity index (χ1v) is 10.5. The Kier molecular flexibility index (Phi) is 6.11. The van der Waals surface area contributed by atoms with Crippen LogP contribution in [0.15, 0.2) is 48.8 Å². The van der Waals surface area contributed by atoms with Gasteiger partial charge in [0.25, 0.3) is 0 Å². The number of para-hydroxylation sites is 1. The van der Waals surface area contributed by atoms with Crippen LogP contribution in [-0.4, -0.2) is 41.2 Å². The third-order valence-corrected chi connectivity index (χ3v) is 5.10. The lowest BCUT2D eigenvalue weighted by Crippen LogP contribution is -2.22. The van der Waals surface area contributed by atoms with Crippen LogP contribution in [0.1, 0.15) is 13.8 Å². The molecule has 0 fully saturated rings. The molecule has 166 valence electrons. The summed E-state index contributed by atoms with van der Waals surface area (Å²) in [5.74, 6) is 2.00. The Morgan fingerprint density at radius 2 is 1.88 bits per heavy atom. The van der Waals surface area contributed by atoms with Gasteiger partial charge < -0.3 is 24.7 Å². The molecule has 0 aliphatic carbocycles. The van der Waals surface area contributed by atoms with Crippen molar-refractivity contribution < 1.29 is 14.3 Å². The number of pyridine rings is 1. The second-order valence-corrected chi connectivity index (χ2v) is 7.94. The number of nitrogens with zero attached hydrogens (tertiary/aromatic N) is 3. The van der Waals surface area contributed by atoms with E-state index in [1.165, 1.54) is 0 Å². The van der Waals surface area contributed by atoms with Gasteiger partial charge in [-0.15, -0.1) is 0 Å². The summed E-state index contributed by atoms with van der Waals surface area (Å²) in [7, 11) is 3.12. The van der Waals surface area contributed by atoms with E-state index in [1.54, 1.807) is 32.4 Å². The van der Waals surface area contributed by atoms with E-state index in [-0.39, 0.29) is 12.5 Å². The molecule has 2 aromatic carbocycles. The number of carbonyl (C=O) groups is 1. The van der Waals surface area contributed by atoms with E-state index < -0.39 is 0 Å². The zero-order chi connectivity index (χ0) is 22.7. The maximum atomic E-state index is 12.6. The molecule has 0 saturated carbocycles. The first kappa shape index (κ1) is 21.4. The lowest BCUT2D eigenvalue weighted by Gasteiger charge is -2.13. The minimum absolute atomic E-state index is 0.0474. The highest BCUT2D eigenvalue weighted by Crippen LogP contribution is 2.30. The van der Waals surface area contributed by atoms with Crippen molar-refractivity contribution in [3.63, 3.8) is 0 Å². The fraction of sp³-hybridized carbons (Fsp3) is 0.292. The van der Waals surface area contributed by atoms with Gasteiger partial charge in [0.2, 0.25) is 5.91 Å². The van der Waals surface area contributed by atoms with Gasteiger partial charge in [-0.05, 0) is 24.1 Å². The number of amides is 1. The van der Waals surface area contributed by atoms with Crippen molar-refractivity contribution in [2.45, 2.75) is 20.4 Å². The topological polar surface area (TPSA) is 90.3 Å². The highest BCUT2D eigenvalue weighted by atomic mass is 16.5. The van der Waals surface area contributed by atoms with Crippen LogP contribution >= 0.6 is 0 Å². The number of aromatic nitrogens is 3. The van der Waals surface area contributed by atoms with Crippen LogP contribution in [0.2, 0.25) is 0 Å². The highest BCUT2D eigenvalue weighted by molar-refractivity contribution is 6.07. The SMILES string of the molecule is COc1ccc(NC(=O)CNc2nc3ccccc3c3c2ncn3CC(C)C)cc1OC. The standard InChI is InChI=1S/C24H27N5O3/c1-15(2)13-29-14-26-22-23(29)17-7-5-6-8-18(17)28-24(22)25-12-21(30)27-16-9-10-19(31-3)20(11-16)32-4/h5-11,14-15H,12-13H2,1-4H3,(H,25,28)(H,27,30). The maximum absolute atomic E-state index is 12.6. The Morgan fingerprint density at radius 1 is 1.09 bits per heavy atom. The minimum Gasteiger partial charge on any atom is -0.493 e. The number of rotatable bonds is 8. The summed E-state index contributed by atoms with van der Waals surface area (Å²) < 4.78 is 12.7. The maximum Gasteiger partial charge on any atom is 0.243 e. The molecular weight excluding hydrogens is 406 g/mol. The number of hydrogen-bond acceptors (Lipinski definition) is 6. The fourth-order valence-electron chi connectivity index (χ4n) is 3.72. The van der Waals surface area contributed by atoms with Crippen molar-refractivity contribution in [2.24, 2.45) is 5.92 Å². The normalized spacial score (nSPS) is 11.2. The Hall–Kier alpha value is -3.81. The molecule has 2 N–H and O–H groups in total. The van der Waals surface area contributed by atoms with Crippen LogP contribution in [0.3, 0.4) is 0 Å². The smallest absolute Gasteiger partial charge is 0.243 e. The Bertz CT molecular complexity index is 1270. The molecule has 0 spiro atoms. The Morgan fingerprint density at radius 3 is 2.62 bits per heavy atom. The third kappa shape index (κ3) is 4.30. The number of anilines is 2. The molecule has 0 saturated heterocycles. The minimum atomic E-state index is -0.207. The summed E-state index contributed by atoms with van der Waals surface area (Å²) in [4.78, 5) is 21.9. The van der Waals surface area contributed by atoms with Crippen molar-refractivity contribution >= 4 is 39.3 Å². The van der Waals surface area contributed by atoms with Crippen LogP contribution < -0.4 is 20.1 Å². The lowest BCUT2D eigenvalue weighted by molar-refractivity contribution is -0.114. The molecule has 8 heteroatoms. The summed E-state index contributed by atoms with van der Waals surface area (Å²) in [6.45, 7) is 5.25. The average molecular weight is 434 g/mol. The van der Waals surface area contributed by atoms with Crippen molar-refractivity contribution in [1.29, 1.82) is 0 Å². The van der Waals surface area contributed by atoms with Gasteiger partial charge in [-0.25, -0.2) is 9.97 Å². The van der Waals surface area contributed by atoms with Crippen LogP contribution in [0.5, 0.6) is 11.5 Å². The Balaban J connectivity index is 1.57. The van der Waals surface area contributed by atoms with Crippen LogP contribution in [0.25, 0.3) is 21.9 Å². The summed E-state index contributed by atoms with van der Waals surface area (Å²) in [5, 5.41) is 7.07. The number of ether oxygens (including phenoxy) is 2. The number of fused-ring (bicyclic) bond motifs is 3. The van der Waals surface area contributed by atoms with E-state index in [0.29, 0.717) is 28.9 Å². The fourth-order valence-corrected chi connectivity index (χ4v) is 3.72. The first-order valence-electron chi connectivity index (χ1n) is 10.5. The monoisotopic (exact) mass is 433 g/mol. The first-order chi connectivity index (χ1) is 15.5. The molecule has 0 aliphatic heterocycles. The van der Waals surface area contributed by atoms with E-state index in [0.717, 1.165) is 28.5 Å². The summed E-state index contributed by atoms with van der Waals surface area (Å²) in [5.41, 5.74) is 3.25. The molecule has 0 atom stereocenters. The number of methoxy groups -OCH3 is 2. The third-order valence-electron chi connectivity index (χ3n) is 5.10. The van der Waals surface area contributed by atoms with Gasteiger partial charge in [0, 0.05) is 23.7 Å². The molecule has 0 unspecified atom stereocenters. The number of imidazole rings is 1. The van der Waals surface area contributed by atoms with Gasteiger partial charge in [0.05, 0.1) is 38.1 Å². The highest BCUT2D eigenvalue weighted by Gasteiger charge is 2.15. The molecule has 0 aliphatic rings. The van der Waals surface area contributed by atoms with Crippen LogP contribution in [0.4, 0.5) is 11.5 Å². The van der Waals surface area contributed by atoms with E-state index in [9.17, 15) is 4.79 Å². The molecular formula is C24H27N5O3. The number of nitrogens with one attached hydrogen (secondary N) is 2. The molecule has 0 radical (unpaired) electrons. The molecule has 4 aromatic rings. The molecule has 2 heterocycles. The van der Waals surface area contributed by atoms with E-state index in [4.69, 9.17) is 14.5 Å². The predicted molar refractivity (Wildman–Crippen MR) is 127 cm³/mol. The van der Waals surface area contributed by atoms with Gasteiger partial charge >= 0.3 is 0 Å². The van der Waals surface area contributed by atoms with Crippen molar-refractivity contribution in [3.05, 3.63) is 48.8 Å². The Labute approximate surface area is 186 Å². The number of benzene rings is 2. The molecule has 8 nitrogen and oxygen atoms in total. The van der Waals surface area contributed by atoms with Crippen molar-refractivity contribution in [2.75, 3.05) is 31.4 Å². The van der Waals surface area contributed by atoms with Crippen molar-refractivity contribution in [1.82, 2.24) is 14.5 Å². The molecule has 1 amide bonds. The van der Waals surface area contributed by atoms with Gasteiger partial charge in [0.1, 0.15) is 5.52 Å². The quantitative estimate of drug-likeness (QED) is 0.430. The largest absolute Gasteiger partial charge is 0.493 e. The zero-order valence-corrected chi connectivity index (χ0v) is 18.7. The van der Waals surface area contributed by atoms with Crippen LogP contribution in [0, 0.1) is 5.92 Å².